The molecule has 0 saturated heterocycles. The monoisotopic (exact) mass is 381 g/mol. The second-order valence-electron chi connectivity index (χ2n) is 4.83. The van der Waals surface area contributed by atoms with Crippen LogP contribution in [0.25, 0.3) is 0 Å². The van der Waals surface area contributed by atoms with E-state index in [9.17, 15) is 14.4 Å². The van der Waals surface area contributed by atoms with Gasteiger partial charge in [0.1, 0.15) is 5.75 Å². The molecule has 0 radical (unpaired) electrons. The Morgan fingerprint density at radius 2 is 1.88 bits per heavy atom. The third kappa shape index (κ3) is 5.77. The van der Waals surface area contributed by atoms with Gasteiger partial charge in [0.25, 0.3) is 5.91 Å². The zero-order valence-electron chi connectivity index (χ0n) is 13.3. The first-order chi connectivity index (χ1) is 12.0. The Morgan fingerprint density at radius 1 is 1.12 bits per heavy atom. The van der Waals surface area contributed by atoms with Crippen LogP contribution in [0, 0.1) is 0 Å². The summed E-state index contributed by atoms with van der Waals surface area (Å²) < 4.78 is 5.02. The Balaban J connectivity index is 1.73. The van der Waals surface area contributed by atoms with Crippen molar-refractivity contribution < 1.29 is 19.1 Å². The number of rotatable bonds is 7. The van der Waals surface area contributed by atoms with Crippen LogP contribution in [0.2, 0.25) is 5.02 Å². The van der Waals surface area contributed by atoms with Crippen LogP contribution in [-0.4, -0.2) is 37.9 Å². The molecule has 0 saturated carbocycles. The van der Waals surface area contributed by atoms with Gasteiger partial charge in [0, 0.05) is 5.69 Å². The van der Waals surface area contributed by atoms with E-state index in [4.69, 9.17) is 16.3 Å². The molecule has 0 aliphatic carbocycles. The summed E-state index contributed by atoms with van der Waals surface area (Å²) in [6.07, 6.45) is 0. The fourth-order valence-electron chi connectivity index (χ4n) is 1.85. The first-order valence-electron chi connectivity index (χ1n) is 7.21. The average molecular weight is 382 g/mol. The van der Waals surface area contributed by atoms with Gasteiger partial charge in [0.05, 0.1) is 30.1 Å². The van der Waals surface area contributed by atoms with Gasteiger partial charge >= 0.3 is 0 Å². The summed E-state index contributed by atoms with van der Waals surface area (Å²) in [7, 11) is 1.49. The number of methoxy groups -OCH3 is 1. The van der Waals surface area contributed by atoms with E-state index in [1.54, 1.807) is 35.7 Å². The number of amides is 3. The van der Waals surface area contributed by atoms with Gasteiger partial charge in [-0.2, -0.15) is 0 Å². The maximum Gasteiger partial charge on any atom is 0.261 e. The van der Waals surface area contributed by atoms with Crippen molar-refractivity contribution in [2.45, 2.75) is 0 Å². The number of benzene rings is 1. The van der Waals surface area contributed by atoms with E-state index < -0.39 is 11.8 Å². The zero-order chi connectivity index (χ0) is 18.2. The summed E-state index contributed by atoms with van der Waals surface area (Å²) >= 11 is 7.25. The summed E-state index contributed by atoms with van der Waals surface area (Å²) in [5.41, 5.74) is 0.482. The normalized spacial score (nSPS) is 10.0. The quantitative estimate of drug-likeness (QED) is 0.682. The minimum atomic E-state index is -0.465. The third-order valence-electron chi connectivity index (χ3n) is 3.04. The van der Waals surface area contributed by atoms with Crippen molar-refractivity contribution in [1.29, 1.82) is 0 Å². The number of hydrogen-bond donors (Lipinski definition) is 3. The van der Waals surface area contributed by atoms with Gasteiger partial charge in [0.2, 0.25) is 11.8 Å². The largest absolute Gasteiger partial charge is 0.495 e. The molecule has 0 aliphatic heterocycles. The van der Waals surface area contributed by atoms with Crippen LogP contribution >= 0.6 is 22.9 Å². The van der Waals surface area contributed by atoms with Gasteiger partial charge in [-0.1, -0.05) is 17.7 Å². The Hall–Kier alpha value is -2.58. The van der Waals surface area contributed by atoms with E-state index in [1.807, 2.05) is 0 Å². The lowest BCUT2D eigenvalue weighted by atomic mass is 10.3. The number of anilines is 1. The van der Waals surface area contributed by atoms with E-state index in [2.05, 4.69) is 16.0 Å². The Morgan fingerprint density at radius 3 is 2.52 bits per heavy atom. The second kappa shape index (κ2) is 9.05. The number of ether oxygens (including phenoxy) is 1. The van der Waals surface area contributed by atoms with Crippen LogP contribution in [-0.2, 0) is 9.59 Å². The maximum absolute atomic E-state index is 11.8. The molecule has 0 bridgehead atoms. The van der Waals surface area contributed by atoms with Crippen molar-refractivity contribution in [1.82, 2.24) is 10.6 Å². The maximum atomic E-state index is 11.8. The molecule has 7 nitrogen and oxygen atoms in total. The predicted octanol–water partition coefficient (Wildman–Crippen LogP) is 1.89. The summed E-state index contributed by atoms with van der Waals surface area (Å²) in [6, 6.07) is 8.20. The first-order valence-corrected chi connectivity index (χ1v) is 8.47. The van der Waals surface area contributed by atoms with Gasteiger partial charge in [-0.3, -0.25) is 14.4 Å². The number of nitrogens with one attached hydrogen (secondary N) is 3. The lowest BCUT2D eigenvalue weighted by Crippen LogP contribution is -2.40. The molecule has 0 spiro atoms. The van der Waals surface area contributed by atoms with Crippen LogP contribution < -0.4 is 20.7 Å². The van der Waals surface area contributed by atoms with E-state index in [0.29, 0.717) is 21.3 Å². The molecule has 3 N–H and O–H groups in total. The summed E-state index contributed by atoms with van der Waals surface area (Å²) in [5.74, 6) is -0.719. The molecule has 132 valence electrons. The summed E-state index contributed by atoms with van der Waals surface area (Å²) in [5, 5.41) is 9.62. The van der Waals surface area contributed by atoms with E-state index >= 15 is 0 Å². The predicted molar refractivity (Wildman–Crippen MR) is 96.3 cm³/mol. The smallest absolute Gasteiger partial charge is 0.261 e. The van der Waals surface area contributed by atoms with Crippen LogP contribution in [0.4, 0.5) is 5.69 Å². The van der Waals surface area contributed by atoms with E-state index in [0.717, 1.165) is 0 Å². The Labute approximate surface area is 153 Å². The lowest BCUT2D eigenvalue weighted by Gasteiger charge is -2.09. The molecule has 25 heavy (non-hydrogen) atoms. The molecule has 1 aromatic heterocycles. The Bertz CT molecular complexity index is 765. The fourth-order valence-corrected chi connectivity index (χ4v) is 2.74. The SMILES string of the molecule is COc1ccc(NC(=O)CNC(=O)CNC(=O)c2cccs2)cc1Cl. The van der Waals surface area contributed by atoms with Crippen molar-refractivity contribution in [3.05, 3.63) is 45.6 Å². The molecule has 3 amide bonds. The third-order valence-corrected chi connectivity index (χ3v) is 4.20. The van der Waals surface area contributed by atoms with Crippen molar-refractivity contribution >= 4 is 46.3 Å². The molecular weight excluding hydrogens is 366 g/mol. The van der Waals surface area contributed by atoms with Gasteiger partial charge in [-0.05, 0) is 29.6 Å². The molecule has 2 aromatic rings. The van der Waals surface area contributed by atoms with Crippen molar-refractivity contribution in [2.24, 2.45) is 0 Å². The summed E-state index contributed by atoms with van der Waals surface area (Å²) in [4.78, 5) is 35.7. The molecule has 2 rings (SSSR count). The average Bonchev–Trinajstić information content (AvgIpc) is 3.12. The molecule has 0 aliphatic rings. The highest BCUT2D eigenvalue weighted by Crippen LogP contribution is 2.27. The first kappa shape index (κ1) is 18.8. The molecule has 0 atom stereocenters. The minimum Gasteiger partial charge on any atom is -0.495 e. The fraction of sp³-hybridized carbons (Fsp3) is 0.188. The van der Waals surface area contributed by atoms with Crippen LogP contribution in [0.1, 0.15) is 9.67 Å². The lowest BCUT2D eigenvalue weighted by molar-refractivity contribution is -0.123. The summed E-state index contributed by atoms with van der Waals surface area (Å²) in [6.45, 7) is -0.435. The highest BCUT2D eigenvalue weighted by atomic mass is 35.5. The van der Waals surface area contributed by atoms with E-state index in [1.165, 1.54) is 18.4 Å². The minimum absolute atomic E-state index is 0.210. The van der Waals surface area contributed by atoms with Crippen molar-refractivity contribution in [3.63, 3.8) is 0 Å². The standard InChI is InChI=1S/C16H16ClN3O4S/c1-24-12-5-4-10(7-11(12)17)20-15(22)9-18-14(21)8-19-16(23)13-3-2-6-25-13/h2-7H,8-9H2,1H3,(H,18,21)(H,19,23)(H,20,22). The zero-order valence-corrected chi connectivity index (χ0v) is 14.9. The number of halogens is 1. The Kier molecular flexibility index (Phi) is 6.79. The molecule has 1 aromatic carbocycles. The van der Waals surface area contributed by atoms with Crippen LogP contribution in [0.3, 0.4) is 0 Å². The number of carbonyl (C=O) groups is 3. The second-order valence-corrected chi connectivity index (χ2v) is 6.19. The van der Waals surface area contributed by atoms with Gasteiger partial charge in [0.15, 0.2) is 0 Å². The van der Waals surface area contributed by atoms with Crippen molar-refractivity contribution in [2.75, 3.05) is 25.5 Å². The molecule has 0 unspecified atom stereocenters. The number of hydrogen-bond acceptors (Lipinski definition) is 5. The number of thiophene rings is 1. The molecular formula is C16H16ClN3O4S. The topological polar surface area (TPSA) is 96.5 Å². The van der Waals surface area contributed by atoms with Gasteiger partial charge in [-0.25, -0.2) is 0 Å². The van der Waals surface area contributed by atoms with Crippen LogP contribution in [0.15, 0.2) is 35.7 Å². The highest BCUT2D eigenvalue weighted by Gasteiger charge is 2.10. The molecule has 1 heterocycles. The molecule has 9 heteroatoms. The van der Waals surface area contributed by atoms with Crippen molar-refractivity contribution in [3.8, 4) is 5.75 Å². The van der Waals surface area contributed by atoms with E-state index in [-0.39, 0.29) is 19.0 Å². The van der Waals surface area contributed by atoms with Gasteiger partial charge in [-0.15, -0.1) is 11.3 Å². The highest BCUT2D eigenvalue weighted by molar-refractivity contribution is 7.12. The molecule has 0 fully saturated rings. The number of carbonyl (C=O) groups excluding carboxylic acids is 3. The van der Waals surface area contributed by atoms with Gasteiger partial charge < -0.3 is 20.7 Å². The van der Waals surface area contributed by atoms with Crippen LogP contribution in [0.5, 0.6) is 5.75 Å².